The van der Waals surface area contributed by atoms with Crippen molar-refractivity contribution in [2.75, 3.05) is 7.05 Å². The summed E-state index contributed by atoms with van der Waals surface area (Å²) in [7, 11) is 1.59. The van der Waals surface area contributed by atoms with Crippen LogP contribution in [0, 0.1) is 11.6 Å². The number of aromatic nitrogens is 2. The van der Waals surface area contributed by atoms with Gasteiger partial charge in [0.25, 0.3) is 5.91 Å². The predicted molar refractivity (Wildman–Crippen MR) is 157 cm³/mol. The number of hydrogen-bond acceptors (Lipinski definition) is 5. The number of benzene rings is 3. The molecular formula is C32H30F2N6O2. The molecule has 5 rings (SSSR count). The fourth-order valence-electron chi connectivity index (χ4n) is 5.06. The van der Waals surface area contributed by atoms with Crippen molar-refractivity contribution in [2.24, 2.45) is 5.73 Å². The van der Waals surface area contributed by atoms with Gasteiger partial charge in [-0.25, -0.2) is 14.2 Å². The molecule has 5 aromatic rings. The lowest BCUT2D eigenvalue weighted by atomic mass is 9.94. The maximum Gasteiger partial charge on any atom is 0.265 e. The van der Waals surface area contributed by atoms with Crippen LogP contribution >= 0.6 is 0 Å². The Balaban J connectivity index is 1.49. The van der Waals surface area contributed by atoms with Crippen LogP contribution in [0.5, 0.6) is 0 Å². The molecule has 8 nitrogen and oxygen atoms in total. The molecule has 214 valence electrons. The number of hydrogen-bond donors (Lipinski definition) is 5. The molecule has 0 fully saturated rings. The van der Waals surface area contributed by atoms with Crippen LogP contribution in [0.3, 0.4) is 0 Å². The first-order valence-electron chi connectivity index (χ1n) is 13.4. The van der Waals surface area contributed by atoms with E-state index in [9.17, 15) is 18.4 Å². The zero-order valence-corrected chi connectivity index (χ0v) is 22.9. The first-order chi connectivity index (χ1) is 20.3. The smallest absolute Gasteiger partial charge is 0.265 e. The number of pyridine rings is 1. The summed E-state index contributed by atoms with van der Waals surface area (Å²) in [4.78, 5) is 33.7. The SMILES string of the molecule is CNNC(=O)c1cccc(-c2cccnc2C(Cc2cc(F)cc(F)c2)NC(=O)Cc2c[nH]c3cc(CN)ccc23)c1. The van der Waals surface area contributed by atoms with Gasteiger partial charge in [-0.2, -0.15) is 0 Å². The Morgan fingerprint density at radius 2 is 1.79 bits per heavy atom. The van der Waals surface area contributed by atoms with Gasteiger partial charge in [0.1, 0.15) is 11.6 Å². The molecule has 0 saturated carbocycles. The summed E-state index contributed by atoms with van der Waals surface area (Å²) >= 11 is 0. The topological polar surface area (TPSA) is 125 Å². The third-order valence-electron chi connectivity index (χ3n) is 6.96. The van der Waals surface area contributed by atoms with E-state index in [1.54, 1.807) is 43.7 Å². The van der Waals surface area contributed by atoms with Crippen LogP contribution in [0.2, 0.25) is 0 Å². The van der Waals surface area contributed by atoms with E-state index in [1.165, 1.54) is 12.1 Å². The monoisotopic (exact) mass is 568 g/mol. The maximum atomic E-state index is 14.1. The third-order valence-corrected chi connectivity index (χ3v) is 6.96. The van der Waals surface area contributed by atoms with Gasteiger partial charge < -0.3 is 16.0 Å². The first-order valence-corrected chi connectivity index (χ1v) is 13.4. The van der Waals surface area contributed by atoms with Crippen LogP contribution in [-0.4, -0.2) is 28.8 Å². The molecule has 10 heteroatoms. The largest absolute Gasteiger partial charge is 0.361 e. The Hall–Kier alpha value is -4.93. The highest BCUT2D eigenvalue weighted by Gasteiger charge is 2.23. The van der Waals surface area contributed by atoms with Gasteiger partial charge >= 0.3 is 0 Å². The van der Waals surface area contributed by atoms with Crippen molar-refractivity contribution < 1.29 is 18.4 Å². The number of nitrogens with two attached hydrogens (primary N) is 1. The molecule has 1 unspecified atom stereocenters. The van der Waals surface area contributed by atoms with Gasteiger partial charge in [0, 0.05) is 54.1 Å². The second-order valence-corrected chi connectivity index (χ2v) is 9.90. The number of amides is 2. The maximum absolute atomic E-state index is 14.1. The molecule has 0 aliphatic carbocycles. The minimum Gasteiger partial charge on any atom is -0.361 e. The first kappa shape index (κ1) is 28.6. The Morgan fingerprint density at radius 1 is 0.976 bits per heavy atom. The number of carbonyl (C=O) groups excluding carboxylic acids is 2. The standard InChI is InChI=1S/C32H30F2N6O2/c1-36-40-32(42)22-5-2-4-21(14-22)27-6-3-9-37-31(27)29(13-20-10-24(33)16-25(34)11-20)39-30(41)15-23-18-38-28-12-19(17-35)7-8-26(23)28/h2-12,14,16,18,29,36,38H,13,15,17,35H2,1H3,(H,39,41)(H,40,42). The number of carbonyl (C=O) groups is 2. The lowest BCUT2D eigenvalue weighted by Crippen LogP contribution is -2.34. The summed E-state index contributed by atoms with van der Waals surface area (Å²) in [5, 5.41) is 3.95. The van der Waals surface area contributed by atoms with Crippen molar-refractivity contribution in [1.29, 1.82) is 0 Å². The highest BCUT2D eigenvalue weighted by Crippen LogP contribution is 2.30. The molecule has 0 saturated heterocycles. The molecule has 2 aromatic heterocycles. The third kappa shape index (κ3) is 6.51. The van der Waals surface area contributed by atoms with E-state index in [2.05, 4.69) is 26.1 Å². The van der Waals surface area contributed by atoms with E-state index >= 15 is 0 Å². The normalized spacial score (nSPS) is 11.8. The highest BCUT2D eigenvalue weighted by atomic mass is 19.1. The molecular weight excluding hydrogens is 538 g/mol. The molecule has 0 bridgehead atoms. The van der Waals surface area contributed by atoms with Crippen molar-refractivity contribution in [3.05, 3.63) is 125 Å². The van der Waals surface area contributed by atoms with E-state index < -0.39 is 17.7 Å². The lowest BCUT2D eigenvalue weighted by Gasteiger charge is -2.22. The number of nitrogens with one attached hydrogen (secondary N) is 4. The summed E-state index contributed by atoms with van der Waals surface area (Å²) in [6, 6.07) is 18.9. The van der Waals surface area contributed by atoms with Crippen LogP contribution in [-0.2, 0) is 24.2 Å². The van der Waals surface area contributed by atoms with Crippen LogP contribution in [0.4, 0.5) is 8.78 Å². The second-order valence-electron chi connectivity index (χ2n) is 9.90. The molecule has 1 atom stereocenters. The van der Waals surface area contributed by atoms with Crippen molar-refractivity contribution in [3.63, 3.8) is 0 Å². The minimum absolute atomic E-state index is 0.0673. The van der Waals surface area contributed by atoms with E-state index in [0.29, 0.717) is 34.5 Å². The van der Waals surface area contributed by atoms with Gasteiger partial charge in [0.15, 0.2) is 0 Å². The summed E-state index contributed by atoms with van der Waals surface area (Å²) in [6.07, 6.45) is 3.53. The van der Waals surface area contributed by atoms with Crippen molar-refractivity contribution in [1.82, 2.24) is 26.1 Å². The average Bonchev–Trinajstić information content (AvgIpc) is 3.38. The predicted octanol–water partition coefficient (Wildman–Crippen LogP) is 4.47. The summed E-state index contributed by atoms with van der Waals surface area (Å²) < 4.78 is 28.3. The van der Waals surface area contributed by atoms with Gasteiger partial charge in [0.05, 0.1) is 18.2 Å². The Kier molecular flexibility index (Phi) is 8.66. The fraction of sp³-hybridized carbons (Fsp3) is 0.156. The molecule has 0 spiro atoms. The number of halogens is 2. The molecule has 2 heterocycles. The summed E-state index contributed by atoms with van der Waals surface area (Å²) in [6.45, 7) is 0.405. The summed E-state index contributed by atoms with van der Waals surface area (Å²) in [5.41, 5.74) is 16.2. The number of fused-ring (bicyclic) bond motifs is 1. The zero-order valence-electron chi connectivity index (χ0n) is 22.9. The average molecular weight is 569 g/mol. The van der Waals surface area contributed by atoms with Crippen molar-refractivity contribution >= 4 is 22.7 Å². The van der Waals surface area contributed by atoms with Crippen molar-refractivity contribution in [3.8, 4) is 11.1 Å². The molecule has 2 amide bonds. The molecule has 0 radical (unpaired) electrons. The van der Waals surface area contributed by atoms with E-state index in [0.717, 1.165) is 28.1 Å². The molecule has 0 aliphatic heterocycles. The minimum atomic E-state index is -0.737. The van der Waals surface area contributed by atoms with E-state index in [-0.39, 0.29) is 24.7 Å². The van der Waals surface area contributed by atoms with Gasteiger partial charge in [-0.15, -0.1) is 0 Å². The van der Waals surface area contributed by atoms with E-state index in [1.807, 2.05) is 30.3 Å². The van der Waals surface area contributed by atoms with Crippen LogP contribution in [0.1, 0.15) is 38.8 Å². The zero-order chi connectivity index (χ0) is 29.6. The Bertz CT molecular complexity index is 1730. The molecule has 6 N–H and O–H groups in total. The highest BCUT2D eigenvalue weighted by molar-refractivity contribution is 5.95. The fourth-order valence-corrected chi connectivity index (χ4v) is 5.06. The van der Waals surface area contributed by atoms with Gasteiger partial charge in [-0.3, -0.25) is 20.0 Å². The van der Waals surface area contributed by atoms with Gasteiger partial charge in [0.2, 0.25) is 5.91 Å². The second kappa shape index (κ2) is 12.7. The number of H-pyrrole nitrogens is 1. The van der Waals surface area contributed by atoms with Gasteiger partial charge in [-0.1, -0.05) is 30.3 Å². The van der Waals surface area contributed by atoms with Gasteiger partial charge in [-0.05, 0) is 65.1 Å². The molecule has 42 heavy (non-hydrogen) atoms. The van der Waals surface area contributed by atoms with Crippen LogP contribution in [0.15, 0.2) is 85.2 Å². The quantitative estimate of drug-likeness (QED) is 0.159. The lowest BCUT2D eigenvalue weighted by molar-refractivity contribution is -0.121. The van der Waals surface area contributed by atoms with E-state index in [4.69, 9.17) is 5.73 Å². The summed E-state index contributed by atoms with van der Waals surface area (Å²) in [5.74, 6) is -2.04. The Labute approximate surface area is 241 Å². The van der Waals surface area contributed by atoms with Crippen LogP contribution < -0.4 is 21.9 Å². The number of aromatic amines is 1. The number of hydrazine groups is 1. The van der Waals surface area contributed by atoms with Crippen LogP contribution in [0.25, 0.3) is 22.0 Å². The molecule has 0 aliphatic rings. The number of rotatable bonds is 10. The Morgan fingerprint density at radius 3 is 2.55 bits per heavy atom. The van der Waals surface area contributed by atoms with Crippen molar-refractivity contribution in [2.45, 2.75) is 25.4 Å². The molecule has 3 aromatic carbocycles. The number of nitrogens with zero attached hydrogens (tertiary/aromatic N) is 1.